The van der Waals surface area contributed by atoms with E-state index in [2.05, 4.69) is 20.8 Å². The molecule has 0 saturated heterocycles. The molecule has 0 aliphatic heterocycles. The molecule has 0 spiro atoms. The summed E-state index contributed by atoms with van der Waals surface area (Å²) in [4.78, 5) is 0. The van der Waals surface area contributed by atoms with Crippen molar-refractivity contribution in [2.24, 2.45) is 11.8 Å². The lowest BCUT2D eigenvalue weighted by Gasteiger charge is -2.52. The van der Waals surface area contributed by atoms with Gasteiger partial charge in [-0.3, -0.25) is 0 Å². The quantitative estimate of drug-likeness (QED) is 0.498. The van der Waals surface area contributed by atoms with Crippen molar-refractivity contribution in [1.82, 2.24) is 0 Å². The summed E-state index contributed by atoms with van der Waals surface area (Å²) in [6.07, 6.45) is 4.20. The maximum atomic E-state index is 2.33. The lowest BCUT2D eigenvalue weighted by molar-refractivity contribution is 0.262. The molecule has 0 aromatic heterocycles. The molecule has 0 aromatic carbocycles. The van der Waals surface area contributed by atoms with Crippen LogP contribution in [-0.4, -0.2) is 0 Å². The highest BCUT2D eigenvalue weighted by Crippen LogP contribution is 2.42. The first-order chi connectivity index (χ1) is 4.25. The van der Waals surface area contributed by atoms with Crippen molar-refractivity contribution in [3.63, 3.8) is 0 Å². The minimum absolute atomic E-state index is 0.897. The van der Waals surface area contributed by atoms with Crippen molar-refractivity contribution in [3.8, 4) is 0 Å². The molecule has 0 heterocycles. The molecule has 1 fully saturated rings. The number of rotatable bonds is 2. The maximum absolute atomic E-state index is 2.33. The Morgan fingerprint density at radius 3 is 2.33 bits per heavy atom. The van der Waals surface area contributed by atoms with E-state index >= 15 is 0 Å². The van der Waals surface area contributed by atoms with Gasteiger partial charge in [-0.2, -0.15) is 18.8 Å². The molecule has 9 heavy (non-hydrogen) atoms. The summed E-state index contributed by atoms with van der Waals surface area (Å²) >= 11 is 0. The van der Waals surface area contributed by atoms with Crippen LogP contribution in [0.5, 0.6) is 0 Å². The van der Waals surface area contributed by atoms with Gasteiger partial charge >= 0.3 is 0 Å². The van der Waals surface area contributed by atoms with Crippen LogP contribution >= 0.6 is 0 Å². The minimum atomic E-state index is 0.897. The zero-order valence-corrected chi connectivity index (χ0v) is 6.78. The molecule has 0 N–H and O–H groups in total. The Labute approximate surface area is 58.7 Å². The third kappa shape index (κ3) is 1.28. The van der Waals surface area contributed by atoms with Gasteiger partial charge in [0.2, 0.25) is 0 Å². The Morgan fingerprint density at radius 2 is 2.22 bits per heavy atom. The van der Waals surface area contributed by atoms with Gasteiger partial charge in [-0.25, -0.2) is 0 Å². The molecular formula is C9H17-. The average Bonchev–Trinajstić information content (AvgIpc) is 1.61. The summed E-state index contributed by atoms with van der Waals surface area (Å²) < 4.78 is 0. The fourth-order valence-corrected chi connectivity index (χ4v) is 1.76. The summed E-state index contributed by atoms with van der Waals surface area (Å²) in [6.45, 7) is 6.95. The highest BCUT2D eigenvalue weighted by molar-refractivity contribution is 5.05. The molecular weight excluding hydrogens is 108 g/mol. The summed E-state index contributed by atoms with van der Waals surface area (Å²) in [5, 5.41) is 0. The van der Waals surface area contributed by atoms with Crippen LogP contribution < -0.4 is 0 Å². The fraction of sp³-hybridized carbons (Fsp3) is 0.889. The topological polar surface area (TPSA) is 0 Å². The van der Waals surface area contributed by atoms with Crippen LogP contribution in [0.2, 0.25) is 0 Å². The zero-order chi connectivity index (χ0) is 6.85. The SMILES string of the molecule is CC[C-]1CCC1C(C)C. The van der Waals surface area contributed by atoms with Crippen LogP contribution in [0.15, 0.2) is 0 Å². The van der Waals surface area contributed by atoms with E-state index in [4.69, 9.17) is 0 Å². The van der Waals surface area contributed by atoms with Crippen LogP contribution in [0.4, 0.5) is 0 Å². The van der Waals surface area contributed by atoms with Gasteiger partial charge in [0.15, 0.2) is 0 Å². The van der Waals surface area contributed by atoms with Crippen molar-refractivity contribution >= 4 is 0 Å². The molecule has 0 heteroatoms. The predicted molar refractivity (Wildman–Crippen MR) is 41.1 cm³/mol. The monoisotopic (exact) mass is 125 g/mol. The second-order valence-electron chi connectivity index (χ2n) is 3.40. The molecule has 54 valence electrons. The summed E-state index contributed by atoms with van der Waals surface area (Å²) in [5.41, 5.74) is 0. The van der Waals surface area contributed by atoms with Crippen molar-refractivity contribution in [2.45, 2.75) is 40.0 Å². The van der Waals surface area contributed by atoms with Gasteiger partial charge in [0.25, 0.3) is 0 Å². The van der Waals surface area contributed by atoms with E-state index in [-0.39, 0.29) is 0 Å². The summed E-state index contributed by atoms with van der Waals surface area (Å²) in [5.74, 6) is 3.69. The number of hydrogen-bond donors (Lipinski definition) is 0. The minimum Gasteiger partial charge on any atom is -0.311 e. The van der Waals surface area contributed by atoms with Crippen LogP contribution in [-0.2, 0) is 0 Å². The van der Waals surface area contributed by atoms with Crippen molar-refractivity contribution in [3.05, 3.63) is 5.92 Å². The smallest absolute Gasteiger partial charge is 0.0650 e. The van der Waals surface area contributed by atoms with Crippen molar-refractivity contribution in [1.29, 1.82) is 0 Å². The van der Waals surface area contributed by atoms with Crippen LogP contribution in [0, 0.1) is 17.8 Å². The first-order valence-electron chi connectivity index (χ1n) is 4.10. The predicted octanol–water partition coefficient (Wildman–Crippen LogP) is 3.04. The van der Waals surface area contributed by atoms with Crippen LogP contribution in [0.25, 0.3) is 0 Å². The van der Waals surface area contributed by atoms with Gasteiger partial charge in [0.1, 0.15) is 0 Å². The van der Waals surface area contributed by atoms with E-state index in [1.165, 1.54) is 19.3 Å². The first kappa shape index (κ1) is 7.11. The van der Waals surface area contributed by atoms with E-state index in [1.54, 1.807) is 0 Å². The Bertz CT molecular complexity index is 82.0. The average molecular weight is 125 g/mol. The normalized spacial score (nSPS) is 28.7. The van der Waals surface area contributed by atoms with Gasteiger partial charge in [-0.1, -0.05) is 26.7 Å². The fourth-order valence-electron chi connectivity index (χ4n) is 1.76. The van der Waals surface area contributed by atoms with E-state index in [1.807, 2.05) is 5.92 Å². The van der Waals surface area contributed by atoms with Crippen molar-refractivity contribution < 1.29 is 0 Å². The molecule has 0 nitrogen and oxygen atoms in total. The molecule has 1 unspecified atom stereocenters. The lowest BCUT2D eigenvalue weighted by Crippen LogP contribution is -2.27. The molecule has 1 aliphatic rings. The molecule has 0 radical (unpaired) electrons. The third-order valence-corrected chi connectivity index (χ3v) is 2.56. The Hall–Kier alpha value is 0. The van der Waals surface area contributed by atoms with Crippen LogP contribution in [0.1, 0.15) is 40.0 Å². The van der Waals surface area contributed by atoms with Gasteiger partial charge in [-0.05, 0) is 0 Å². The molecule has 0 bridgehead atoms. The van der Waals surface area contributed by atoms with Gasteiger partial charge in [0, 0.05) is 0 Å². The van der Waals surface area contributed by atoms with Crippen molar-refractivity contribution in [2.75, 3.05) is 0 Å². The van der Waals surface area contributed by atoms with E-state index in [0.717, 1.165) is 11.8 Å². The van der Waals surface area contributed by atoms with Gasteiger partial charge in [0.05, 0.1) is 0 Å². The largest absolute Gasteiger partial charge is 0.311 e. The molecule has 1 rings (SSSR count). The molecule has 1 atom stereocenters. The molecule has 0 aromatic rings. The second kappa shape index (κ2) is 2.72. The molecule has 1 saturated carbocycles. The third-order valence-electron chi connectivity index (χ3n) is 2.56. The molecule has 0 amide bonds. The lowest BCUT2D eigenvalue weighted by atomic mass is 9.67. The Balaban J connectivity index is 2.27. The van der Waals surface area contributed by atoms with E-state index in [9.17, 15) is 0 Å². The van der Waals surface area contributed by atoms with Gasteiger partial charge < -0.3 is 5.92 Å². The number of hydrogen-bond acceptors (Lipinski definition) is 0. The van der Waals surface area contributed by atoms with E-state index < -0.39 is 0 Å². The summed E-state index contributed by atoms with van der Waals surface area (Å²) in [6, 6.07) is 0. The van der Waals surface area contributed by atoms with E-state index in [0.29, 0.717) is 0 Å². The maximum Gasteiger partial charge on any atom is -0.0650 e. The Kier molecular flexibility index (Phi) is 2.15. The van der Waals surface area contributed by atoms with Gasteiger partial charge in [-0.15, -0.1) is 6.42 Å². The highest BCUT2D eigenvalue weighted by Gasteiger charge is 2.18. The summed E-state index contributed by atoms with van der Waals surface area (Å²) in [7, 11) is 0. The van der Waals surface area contributed by atoms with Crippen LogP contribution in [0.3, 0.4) is 0 Å². The first-order valence-corrected chi connectivity index (χ1v) is 4.10. The Morgan fingerprint density at radius 1 is 1.56 bits per heavy atom. The highest BCUT2D eigenvalue weighted by atomic mass is 14.4. The molecule has 1 aliphatic carbocycles. The standard InChI is InChI=1S/C9H17/c1-4-8-5-6-9(8)7(2)3/h7,9H,4-6H2,1-3H3/q-1. The second-order valence-corrected chi connectivity index (χ2v) is 3.40. The zero-order valence-electron chi connectivity index (χ0n) is 6.78.